The molecule has 0 fully saturated rings. The van der Waals surface area contributed by atoms with Crippen LogP contribution < -0.4 is 0 Å². The zero-order chi connectivity index (χ0) is 7.40. The summed E-state index contributed by atoms with van der Waals surface area (Å²) in [6.07, 6.45) is 1.06. The molecule has 0 unspecified atom stereocenters. The molecule has 0 bridgehead atoms. The highest BCUT2D eigenvalue weighted by Crippen LogP contribution is 2.35. The van der Waals surface area contributed by atoms with Crippen molar-refractivity contribution >= 4 is 35.1 Å². The predicted octanol–water partition coefficient (Wildman–Crippen LogP) is 3.33. The van der Waals surface area contributed by atoms with Gasteiger partial charge in [0.15, 0.2) is 0 Å². The number of thioether (sulfide) groups is 2. The van der Waals surface area contributed by atoms with Gasteiger partial charge in [-0.05, 0) is 23.2 Å². The lowest BCUT2D eigenvalue weighted by molar-refractivity contribution is 1.19. The van der Waals surface area contributed by atoms with Gasteiger partial charge in [0.05, 0.1) is 0 Å². The fraction of sp³-hybridized carbons (Fsp3) is 0.714. The van der Waals surface area contributed by atoms with Crippen molar-refractivity contribution in [3.63, 3.8) is 0 Å². The second-order valence-electron chi connectivity index (χ2n) is 2.12. The van der Waals surface area contributed by atoms with E-state index in [0.717, 1.165) is 12.3 Å². The van der Waals surface area contributed by atoms with Crippen LogP contribution in [-0.2, 0) is 0 Å². The topological polar surface area (TPSA) is 0 Å². The Hall–Kier alpha value is 0.730. The number of halogens is 1. The van der Waals surface area contributed by atoms with E-state index in [9.17, 15) is 0 Å². The quantitative estimate of drug-likeness (QED) is 0.619. The minimum absolute atomic E-state index is 0.764. The molecule has 0 spiro atoms. The molecule has 0 aliphatic carbocycles. The molecule has 0 aromatic carbocycles. The molecule has 1 heterocycles. The van der Waals surface area contributed by atoms with Gasteiger partial charge < -0.3 is 0 Å². The van der Waals surface area contributed by atoms with Crippen molar-refractivity contribution in [2.24, 2.45) is 0 Å². The molecular weight excluding hydrogens is 184 g/mol. The molecular formula is C7H11ClS2. The maximum atomic E-state index is 5.64. The van der Waals surface area contributed by atoms with E-state index in [2.05, 4.69) is 6.92 Å². The van der Waals surface area contributed by atoms with Crippen molar-refractivity contribution in [2.75, 3.05) is 17.4 Å². The lowest BCUT2D eigenvalue weighted by atomic mass is 10.4. The monoisotopic (exact) mass is 194 g/mol. The predicted molar refractivity (Wildman–Crippen MR) is 53.0 cm³/mol. The van der Waals surface area contributed by atoms with Gasteiger partial charge in [-0.3, -0.25) is 0 Å². The molecule has 3 heteroatoms. The van der Waals surface area contributed by atoms with Gasteiger partial charge in [0.2, 0.25) is 0 Å². The number of rotatable bonds is 2. The second kappa shape index (κ2) is 4.58. The summed E-state index contributed by atoms with van der Waals surface area (Å²) in [4.78, 5) is 2.99. The molecule has 1 aliphatic heterocycles. The first kappa shape index (κ1) is 8.82. The molecule has 0 radical (unpaired) electrons. The maximum Gasteiger partial charge on any atom is 0.0269 e. The Morgan fingerprint density at radius 1 is 1.40 bits per heavy atom. The third-order valence-corrected chi connectivity index (χ3v) is 4.32. The molecule has 1 aliphatic rings. The molecule has 0 saturated heterocycles. The summed E-state index contributed by atoms with van der Waals surface area (Å²) < 4.78 is 0. The van der Waals surface area contributed by atoms with Crippen molar-refractivity contribution in [1.29, 1.82) is 0 Å². The van der Waals surface area contributed by atoms with E-state index in [4.69, 9.17) is 11.6 Å². The minimum Gasteiger partial charge on any atom is -0.129 e. The average molecular weight is 195 g/mol. The van der Waals surface area contributed by atoms with Crippen LogP contribution in [0.15, 0.2) is 9.81 Å². The average Bonchev–Trinajstić information content (AvgIpc) is 1.94. The molecule has 10 heavy (non-hydrogen) atoms. The standard InChI is InChI=1S/C7H11ClS2/c1-6-7(2-3-8)10-5-4-9-6/h2-5H2,1H3. The van der Waals surface area contributed by atoms with Gasteiger partial charge in [-0.2, -0.15) is 0 Å². The van der Waals surface area contributed by atoms with E-state index < -0.39 is 0 Å². The van der Waals surface area contributed by atoms with E-state index in [0.29, 0.717) is 0 Å². The number of hydrogen-bond acceptors (Lipinski definition) is 2. The molecule has 0 atom stereocenters. The molecule has 0 aromatic heterocycles. The van der Waals surface area contributed by atoms with Gasteiger partial charge in [-0.1, -0.05) is 0 Å². The fourth-order valence-electron chi connectivity index (χ4n) is 0.876. The Morgan fingerprint density at radius 3 is 2.70 bits per heavy atom. The highest BCUT2D eigenvalue weighted by atomic mass is 35.5. The van der Waals surface area contributed by atoms with Gasteiger partial charge in [-0.15, -0.1) is 35.1 Å². The van der Waals surface area contributed by atoms with Crippen molar-refractivity contribution in [2.45, 2.75) is 13.3 Å². The zero-order valence-electron chi connectivity index (χ0n) is 6.02. The van der Waals surface area contributed by atoms with Crippen LogP contribution in [0.2, 0.25) is 0 Å². The van der Waals surface area contributed by atoms with E-state index >= 15 is 0 Å². The molecule has 0 N–H and O–H groups in total. The van der Waals surface area contributed by atoms with E-state index in [1.54, 1.807) is 0 Å². The first-order chi connectivity index (χ1) is 4.84. The Kier molecular flexibility index (Phi) is 4.04. The summed E-state index contributed by atoms with van der Waals surface area (Å²) in [7, 11) is 0. The van der Waals surface area contributed by atoms with Crippen LogP contribution in [0.25, 0.3) is 0 Å². The molecule has 0 aromatic rings. The van der Waals surface area contributed by atoms with Crippen LogP contribution in [0.5, 0.6) is 0 Å². The summed E-state index contributed by atoms with van der Waals surface area (Å²) >= 11 is 9.58. The van der Waals surface area contributed by atoms with Gasteiger partial charge in [0.25, 0.3) is 0 Å². The van der Waals surface area contributed by atoms with Crippen molar-refractivity contribution < 1.29 is 0 Å². The number of hydrogen-bond donors (Lipinski definition) is 0. The molecule has 0 saturated carbocycles. The van der Waals surface area contributed by atoms with Crippen LogP contribution in [0.1, 0.15) is 13.3 Å². The first-order valence-electron chi connectivity index (χ1n) is 3.36. The van der Waals surface area contributed by atoms with Crippen LogP contribution in [0, 0.1) is 0 Å². The highest BCUT2D eigenvalue weighted by Gasteiger charge is 2.08. The van der Waals surface area contributed by atoms with Gasteiger partial charge in [-0.25, -0.2) is 0 Å². The molecule has 58 valence electrons. The van der Waals surface area contributed by atoms with Gasteiger partial charge >= 0.3 is 0 Å². The molecule has 1 rings (SSSR count). The first-order valence-corrected chi connectivity index (χ1v) is 5.86. The Balaban J connectivity index is 2.50. The van der Waals surface area contributed by atoms with E-state index in [1.807, 2.05) is 23.5 Å². The maximum absolute atomic E-state index is 5.64. The summed E-state index contributed by atoms with van der Waals surface area (Å²) in [5, 5.41) is 0. The minimum atomic E-state index is 0.764. The smallest absolute Gasteiger partial charge is 0.0269 e. The Morgan fingerprint density at radius 2 is 2.10 bits per heavy atom. The zero-order valence-corrected chi connectivity index (χ0v) is 8.41. The summed E-state index contributed by atoms with van der Waals surface area (Å²) in [5.41, 5.74) is 0. The summed E-state index contributed by atoms with van der Waals surface area (Å²) in [5.74, 6) is 3.29. The van der Waals surface area contributed by atoms with Crippen LogP contribution in [0.4, 0.5) is 0 Å². The third kappa shape index (κ3) is 2.40. The number of alkyl halides is 1. The SMILES string of the molecule is CC1=C(CCCl)SCCS1. The van der Waals surface area contributed by atoms with Crippen molar-refractivity contribution in [1.82, 2.24) is 0 Å². The summed E-state index contributed by atoms with van der Waals surface area (Å²) in [6, 6.07) is 0. The number of allylic oxidation sites excluding steroid dienone is 2. The van der Waals surface area contributed by atoms with Crippen molar-refractivity contribution in [3.8, 4) is 0 Å². The molecule has 0 amide bonds. The van der Waals surface area contributed by atoms with Crippen LogP contribution in [0.3, 0.4) is 0 Å². The van der Waals surface area contributed by atoms with E-state index in [-0.39, 0.29) is 0 Å². The summed E-state index contributed by atoms with van der Waals surface area (Å²) in [6.45, 7) is 2.19. The molecule has 0 nitrogen and oxygen atoms in total. The Labute approximate surface area is 75.8 Å². The van der Waals surface area contributed by atoms with Crippen molar-refractivity contribution in [3.05, 3.63) is 9.81 Å². The lowest BCUT2D eigenvalue weighted by Crippen LogP contribution is -1.95. The second-order valence-corrected chi connectivity index (χ2v) is 4.99. The highest BCUT2D eigenvalue weighted by molar-refractivity contribution is 8.09. The fourth-order valence-corrected chi connectivity index (χ4v) is 3.46. The van der Waals surface area contributed by atoms with Crippen LogP contribution >= 0.6 is 35.1 Å². The Bertz CT molecular complexity index is 143. The van der Waals surface area contributed by atoms with Crippen LogP contribution in [-0.4, -0.2) is 17.4 Å². The van der Waals surface area contributed by atoms with Gasteiger partial charge in [0.1, 0.15) is 0 Å². The largest absolute Gasteiger partial charge is 0.129 e. The van der Waals surface area contributed by atoms with E-state index in [1.165, 1.54) is 21.3 Å². The lowest BCUT2D eigenvalue weighted by Gasteiger charge is -2.15. The normalized spacial score (nSPS) is 19.8. The third-order valence-electron chi connectivity index (χ3n) is 1.39. The van der Waals surface area contributed by atoms with Gasteiger partial charge in [0, 0.05) is 17.4 Å².